The molecule has 8 aromatic carbocycles. The molecule has 1 nitrogen and oxygen atoms in total. The van der Waals surface area contributed by atoms with Crippen molar-refractivity contribution in [2.24, 2.45) is 0 Å². The predicted molar refractivity (Wildman–Crippen MR) is 186 cm³/mol. The molecule has 206 valence electrons. The highest BCUT2D eigenvalue weighted by atomic mass is 16.3. The van der Waals surface area contributed by atoms with Crippen molar-refractivity contribution < 1.29 is 35.9 Å². The number of rotatable bonds is 4. The van der Waals surface area contributed by atoms with Crippen molar-refractivity contribution in [3.8, 4) is 22.3 Å². The second-order valence-corrected chi connectivity index (χ2v) is 9.88. The van der Waals surface area contributed by atoms with Crippen LogP contribution in [0.3, 0.4) is 0 Å². The van der Waals surface area contributed by atoms with E-state index in [9.17, 15) is 6.85 Å². The maximum absolute atomic E-state index is 9.39. The van der Waals surface area contributed by atoms with Crippen LogP contribution in [0.4, 0.5) is 0 Å². The molecule has 0 aliphatic rings. The fourth-order valence-electron chi connectivity index (χ4n) is 5.75. The van der Waals surface area contributed by atoms with Gasteiger partial charge in [0.2, 0.25) is 0 Å². The van der Waals surface area contributed by atoms with E-state index in [1.807, 2.05) is 0 Å². The van der Waals surface area contributed by atoms with Gasteiger partial charge in [0.15, 0.2) is 0 Å². The molecule has 0 N–H and O–H groups in total. The Bertz CT molecular complexity index is 3700. The molecule has 44 heavy (non-hydrogen) atoms. The molecular formula is C43H28O. The van der Waals surface area contributed by atoms with Gasteiger partial charge in [0, 0.05) is 16.3 Å². The van der Waals surface area contributed by atoms with Crippen molar-refractivity contribution in [3.05, 3.63) is 168 Å². The van der Waals surface area contributed by atoms with Crippen LogP contribution in [0.15, 0.2) is 162 Å². The van der Waals surface area contributed by atoms with E-state index in [-0.39, 0.29) is 49.4 Å². The highest BCUT2D eigenvalue weighted by Crippen LogP contribution is 2.44. The number of para-hydroxylation sites is 1. The molecular weight excluding hydrogens is 532 g/mol. The summed E-state index contributed by atoms with van der Waals surface area (Å²) < 4.78 is 210. The molecule has 0 bridgehead atoms. The van der Waals surface area contributed by atoms with Gasteiger partial charge in [0.05, 0.1) is 31.5 Å². The molecule has 0 saturated carbocycles. The van der Waals surface area contributed by atoms with E-state index in [1.165, 1.54) is 18.2 Å². The van der Waals surface area contributed by atoms with Gasteiger partial charge in [-0.05, 0) is 72.6 Å². The van der Waals surface area contributed by atoms with Crippen molar-refractivity contribution in [3.63, 3.8) is 0 Å². The summed E-state index contributed by atoms with van der Waals surface area (Å²) in [4.78, 5) is 0. The Labute approximate surface area is 287 Å². The lowest BCUT2D eigenvalue weighted by atomic mass is 9.84. The van der Waals surface area contributed by atoms with Crippen molar-refractivity contribution in [1.82, 2.24) is 0 Å². The molecule has 0 aliphatic carbocycles. The molecule has 1 aromatic heterocycles. The second-order valence-electron chi connectivity index (χ2n) is 9.88. The third-order valence-corrected chi connectivity index (χ3v) is 7.56. The molecule has 0 spiro atoms. The summed E-state index contributed by atoms with van der Waals surface area (Å²) >= 11 is 0. The Morgan fingerprint density at radius 2 is 1.09 bits per heavy atom. The largest absolute Gasteiger partial charge is 0.455 e. The summed E-state index contributed by atoms with van der Waals surface area (Å²) in [6, 6.07) is -13.0. The van der Waals surface area contributed by atoms with E-state index in [1.54, 1.807) is 0 Å². The van der Waals surface area contributed by atoms with Crippen LogP contribution >= 0.6 is 0 Å². The summed E-state index contributed by atoms with van der Waals surface area (Å²) in [5.41, 5.74) is -2.22. The molecule has 0 radical (unpaired) electrons. The maximum Gasteiger partial charge on any atom is 0.143 e. The van der Waals surface area contributed by atoms with Crippen LogP contribution in [0.5, 0.6) is 0 Å². The number of benzene rings is 8. The normalized spacial score (nSPS) is 19.0. The van der Waals surface area contributed by atoms with E-state index >= 15 is 0 Å². The van der Waals surface area contributed by atoms with Crippen LogP contribution in [0, 0.1) is 0 Å². The van der Waals surface area contributed by atoms with Gasteiger partial charge in [-0.15, -0.1) is 0 Å². The highest BCUT2D eigenvalue weighted by Gasteiger charge is 2.19. The van der Waals surface area contributed by atoms with Crippen LogP contribution in [-0.4, -0.2) is 0 Å². The number of fused-ring (bicyclic) bond motifs is 6. The Morgan fingerprint density at radius 1 is 0.500 bits per heavy atom. The van der Waals surface area contributed by atoms with Crippen LogP contribution in [-0.2, 0) is 6.42 Å². The smallest absolute Gasteiger partial charge is 0.143 e. The Morgan fingerprint density at radius 3 is 1.86 bits per heavy atom. The average Bonchev–Trinajstić information content (AvgIpc) is 3.70. The lowest BCUT2D eigenvalue weighted by molar-refractivity contribution is 0.670. The molecule has 0 unspecified atom stereocenters. The van der Waals surface area contributed by atoms with E-state index in [0.717, 1.165) is 0 Å². The summed E-state index contributed by atoms with van der Waals surface area (Å²) in [7, 11) is 0. The summed E-state index contributed by atoms with van der Waals surface area (Å²) in [5, 5.41) is -2.76. The molecule has 0 saturated heterocycles. The average molecular weight is 584 g/mol. The molecule has 9 rings (SSSR count). The minimum atomic E-state index is -0.850. The molecule has 9 aromatic rings. The standard InChI is InChI=1S/C43H28O/c1-2-13-29(14-3-1)32-23-12-25-38-41-30(17-11-26-40(41)44-43(32)38)27-39-33-19-6-8-21-36(33)42(37-22-9-7-20-34(37)39)35-24-10-16-28-15-4-5-18-31(28)35/h1-26H,27H2/i1D,2D,3D,4D,5D,6D,7D,8D,9D,10D,12D,13D,14D,15D,16D,18D,19D,20D,21D,22D,23D,24D,25D. The van der Waals surface area contributed by atoms with Gasteiger partial charge in [-0.2, -0.15) is 0 Å². The van der Waals surface area contributed by atoms with Gasteiger partial charge in [0.25, 0.3) is 0 Å². The molecule has 1 heteroatoms. The Hall–Kier alpha value is -5.66. The van der Waals surface area contributed by atoms with Gasteiger partial charge in [0.1, 0.15) is 11.2 Å². The third-order valence-electron chi connectivity index (χ3n) is 7.56. The van der Waals surface area contributed by atoms with Crippen LogP contribution in [0.25, 0.3) is 76.5 Å². The first-order chi connectivity index (χ1) is 31.4. The zero-order valence-corrected chi connectivity index (χ0v) is 22.3. The summed E-state index contributed by atoms with van der Waals surface area (Å²) in [5.74, 6) is 0. The lowest BCUT2D eigenvalue weighted by Crippen LogP contribution is -1.96. The fraction of sp³-hybridized carbons (Fsp3) is 0.0233. The molecule has 0 aliphatic heterocycles. The second kappa shape index (κ2) is 9.97. The number of furan rings is 1. The summed E-state index contributed by atoms with van der Waals surface area (Å²) in [6.45, 7) is 0. The minimum absolute atomic E-state index is 0.00781. The quantitative estimate of drug-likeness (QED) is 0.188. The first-order valence-electron chi connectivity index (χ1n) is 24.9. The topological polar surface area (TPSA) is 13.1 Å². The molecule has 0 atom stereocenters. The number of hydrogen-bond acceptors (Lipinski definition) is 1. The van der Waals surface area contributed by atoms with Crippen molar-refractivity contribution in [2.75, 3.05) is 0 Å². The van der Waals surface area contributed by atoms with E-state index in [4.69, 9.17) is 29.1 Å². The Balaban J connectivity index is 1.51. The van der Waals surface area contributed by atoms with Crippen molar-refractivity contribution in [1.29, 1.82) is 0 Å². The first-order valence-corrected chi connectivity index (χ1v) is 13.4. The van der Waals surface area contributed by atoms with Gasteiger partial charge in [-0.3, -0.25) is 0 Å². The van der Waals surface area contributed by atoms with Crippen molar-refractivity contribution in [2.45, 2.75) is 6.42 Å². The van der Waals surface area contributed by atoms with Crippen LogP contribution in [0.2, 0.25) is 0 Å². The third kappa shape index (κ3) is 3.80. The first kappa shape index (κ1) is 11.1. The fourth-order valence-corrected chi connectivity index (χ4v) is 5.75. The van der Waals surface area contributed by atoms with Gasteiger partial charge in [-0.1, -0.05) is 151 Å². The zero-order valence-electron chi connectivity index (χ0n) is 45.3. The van der Waals surface area contributed by atoms with Gasteiger partial charge in [-0.25, -0.2) is 0 Å². The molecule has 0 fully saturated rings. The van der Waals surface area contributed by atoms with Crippen LogP contribution < -0.4 is 0 Å². The van der Waals surface area contributed by atoms with Crippen LogP contribution in [0.1, 0.15) is 42.7 Å². The van der Waals surface area contributed by atoms with Crippen molar-refractivity contribution >= 4 is 54.3 Å². The SMILES string of the molecule is [2H]c1c([2H])c([2H])c(-c2c([2H])c([2H])c([2H])c3c2oc2cccc(Cc4c5c([2H])c([2H])c([2H])c([2H])c5c(-c5c([2H])c([2H])c([2H])c6c([2H])c([2H])c([2H])c([2H])c56)c5c([2H])c([2H])c([2H])c([2H])c45)c23)c([2H])c1[2H]. The van der Waals surface area contributed by atoms with Gasteiger partial charge >= 0.3 is 0 Å². The highest BCUT2D eigenvalue weighted by molar-refractivity contribution is 6.19. The van der Waals surface area contributed by atoms with Gasteiger partial charge < -0.3 is 4.42 Å². The van der Waals surface area contributed by atoms with E-state index < -0.39 is 184 Å². The maximum atomic E-state index is 9.39. The minimum Gasteiger partial charge on any atom is -0.455 e. The van der Waals surface area contributed by atoms with E-state index in [2.05, 4.69) is 0 Å². The lowest BCUT2D eigenvalue weighted by Gasteiger charge is -2.19. The molecule has 0 amide bonds. The monoisotopic (exact) mass is 583 g/mol. The van der Waals surface area contributed by atoms with E-state index in [0.29, 0.717) is 0 Å². The number of hydrogen-bond donors (Lipinski definition) is 0. The molecule has 1 heterocycles. The predicted octanol–water partition coefficient (Wildman–Crippen LogP) is 12.0. The Kier molecular flexibility index (Phi) is 2.52. The zero-order chi connectivity index (χ0) is 49.1. The summed E-state index contributed by atoms with van der Waals surface area (Å²) in [6.07, 6.45) is -0.494.